The van der Waals surface area contributed by atoms with Crippen molar-refractivity contribution in [2.75, 3.05) is 19.8 Å². The van der Waals surface area contributed by atoms with Crippen molar-refractivity contribution >= 4 is 11.9 Å². The number of carbonyl (C=O) groups is 2. The number of carboxylic acids is 1. The molecule has 1 saturated heterocycles. The lowest BCUT2D eigenvalue weighted by Gasteiger charge is -2.29. The standard InChI is InChI=1S/C14H17NO6/c1-2-15(12-7-21-6-11(12)14(19)20)13(18)8-3-9(16)5-10(17)4-8/h3-5,11-12,16-17H,2,6-7H2,1H3,(H,19,20). The molecule has 0 saturated carbocycles. The number of rotatable bonds is 4. The molecule has 3 N–H and O–H groups in total. The van der Waals surface area contributed by atoms with Crippen molar-refractivity contribution in [3.05, 3.63) is 23.8 Å². The average Bonchev–Trinajstić information content (AvgIpc) is 2.87. The van der Waals surface area contributed by atoms with E-state index in [2.05, 4.69) is 0 Å². The van der Waals surface area contributed by atoms with Crippen LogP contribution in [0.15, 0.2) is 18.2 Å². The number of hydrogen-bond acceptors (Lipinski definition) is 5. The summed E-state index contributed by atoms with van der Waals surface area (Å²) in [6.07, 6.45) is 0. The van der Waals surface area contributed by atoms with Gasteiger partial charge in [-0.1, -0.05) is 0 Å². The van der Waals surface area contributed by atoms with Gasteiger partial charge in [0.1, 0.15) is 17.4 Å². The summed E-state index contributed by atoms with van der Waals surface area (Å²) in [7, 11) is 0. The van der Waals surface area contributed by atoms with Gasteiger partial charge < -0.3 is 25.0 Å². The zero-order chi connectivity index (χ0) is 15.6. The number of ether oxygens (including phenoxy) is 1. The molecule has 0 radical (unpaired) electrons. The third-order valence-electron chi connectivity index (χ3n) is 3.52. The van der Waals surface area contributed by atoms with Crippen LogP contribution in [0, 0.1) is 5.92 Å². The molecule has 1 amide bonds. The van der Waals surface area contributed by atoms with Crippen molar-refractivity contribution in [2.24, 2.45) is 5.92 Å². The molecule has 1 aliphatic rings. The number of aromatic hydroxyl groups is 2. The Labute approximate surface area is 121 Å². The second-order valence-corrected chi connectivity index (χ2v) is 4.88. The second-order valence-electron chi connectivity index (χ2n) is 4.88. The van der Waals surface area contributed by atoms with E-state index in [1.165, 1.54) is 17.0 Å². The Balaban J connectivity index is 2.28. The van der Waals surface area contributed by atoms with Crippen LogP contribution in [-0.4, -0.2) is 57.9 Å². The molecule has 2 atom stereocenters. The van der Waals surface area contributed by atoms with Gasteiger partial charge >= 0.3 is 5.97 Å². The lowest BCUT2D eigenvalue weighted by Crippen LogP contribution is -2.46. The Morgan fingerprint density at radius 3 is 2.38 bits per heavy atom. The van der Waals surface area contributed by atoms with Gasteiger partial charge in [0.15, 0.2) is 0 Å². The van der Waals surface area contributed by atoms with E-state index in [9.17, 15) is 24.9 Å². The van der Waals surface area contributed by atoms with Crippen LogP contribution in [0.3, 0.4) is 0 Å². The van der Waals surface area contributed by atoms with Gasteiger partial charge in [0.25, 0.3) is 5.91 Å². The molecule has 0 aliphatic carbocycles. The van der Waals surface area contributed by atoms with Gasteiger partial charge in [-0.15, -0.1) is 0 Å². The van der Waals surface area contributed by atoms with E-state index < -0.39 is 23.8 Å². The summed E-state index contributed by atoms with van der Waals surface area (Å²) in [5.41, 5.74) is 0.102. The maximum absolute atomic E-state index is 12.5. The normalized spacial score (nSPS) is 21.2. The molecule has 21 heavy (non-hydrogen) atoms. The summed E-state index contributed by atoms with van der Waals surface area (Å²) in [6, 6.07) is 3.02. The van der Waals surface area contributed by atoms with Crippen LogP contribution < -0.4 is 0 Å². The number of aliphatic carboxylic acids is 1. The Morgan fingerprint density at radius 1 is 1.24 bits per heavy atom. The van der Waals surface area contributed by atoms with E-state index in [0.29, 0.717) is 6.54 Å². The third kappa shape index (κ3) is 3.08. The van der Waals surface area contributed by atoms with Crippen molar-refractivity contribution in [1.29, 1.82) is 0 Å². The van der Waals surface area contributed by atoms with Gasteiger partial charge in [0, 0.05) is 18.2 Å². The van der Waals surface area contributed by atoms with Crippen molar-refractivity contribution in [2.45, 2.75) is 13.0 Å². The lowest BCUT2D eigenvalue weighted by molar-refractivity contribution is -0.142. The molecule has 2 rings (SSSR count). The monoisotopic (exact) mass is 295 g/mol. The van der Waals surface area contributed by atoms with E-state index in [4.69, 9.17) is 4.74 Å². The minimum Gasteiger partial charge on any atom is -0.508 e. The Morgan fingerprint density at radius 2 is 1.86 bits per heavy atom. The van der Waals surface area contributed by atoms with Crippen molar-refractivity contribution in [3.63, 3.8) is 0 Å². The van der Waals surface area contributed by atoms with E-state index in [-0.39, 0.29) is 30.3 Å². The summed E-state index contributed by atoms with van der Waals surface area (Å²) in [5, 5.41) is 28.1. The molecule has 1 aromatic rings. The molecule has 1 fully saturated rings. The van der Waals surface area contributed by atoms with Crippen molar-refractivity contribution in [3.8, 4) is 11.5 Å². The maximum atomic E-state index is 12.5. The summed E-state index contributed by atoms with van der Waals surface area (Å²) >= 11 is 0. The van der Waals surface area contributed by atoms with Gasteiger partial charge in [-0.2, -0.15) is 0 Å². The van der Waals surface area contributed by atoms with E-state index in [1.807, 2.05) is 0 Å². The van der Waals surface area contributed by atoms with Crippen LogP contribution in [0.2, 0.25) is 0 Å². The molecule has 2 unspecified atom stereocenters. The third-order valence-corrected chi connectivity index (χ3v) is 3.52. The van der Waals surface area contributed by atoms with Crippen molar-refractivity contribution in [1.82, 2.24) is 4.90 Å². The van der Waals surface area contributed by atoms with Crippen LogP contribution in [0.4, 0.5) is 0 Å². The number of phenolic OH excluding ortho intramolecular Hbond substituents is 2. The highest BCUT2D eigenvalue weighted by Gasteiger charge is 2.39. The average molecular weight is 295 g/mol. The molecule has 7 nitrogen and oxygen atoms in total. The zero-order valence-corrected chi connectivity index (χ0v) is 11.5. The Kier molecular flexibility index (Phi) is 4.32. The first-order chi connectivity index (χ1) is 9.93. The van der Waals surface area contributed by atoms with Gasteiger partial charge in [-0.3, -0.25) is 9.59 Å². The summed E-state index contributed by atoms with van der Waals surface area (Å²) in [6.45, 7) is 2.25. The first kappa shape index (κ1) is 15.1. The van der Waals surface area contributed by atoms with Crippen LogP contribution in [0.5, 0.6) is 11.5 Å². The van der Waals surface area contributed by atoms with Gasteiger partial charge in [0.05, 0.1) is 19.3 Å². The number of carboxylic acid groups (broad SMARTS) is 1. The predicted molar refractivity (Wildman–Crippen MR) is 72.2 cm³/mol. The highest BCUT2D eigenvalue weighted by atomic mass is 16.5. The highest BCUT2D eigenvalue weighted by molar-refractivity contribution is 5.95. The molecule has 1 heterocycles. The predicted octanol–water partition coefficient (Wildman–Crippen LogP) is 0.659. The number of hydrogen-bond donors (Lipinski definition) is 3. The Bertz CT molecular complexity index is 538. The van der Waals surface area contributed by atoms with E-state index in [0.717, 1.165) is 6.07 Å². The molecular formula is C14H17NO6. The lowest BCUT2D eigenvalue weighted by atomic mass is 10.0. The van der Waals surface area contributed by atoms with Crippen LogP contribution in [-0.2, 0) is 9.53 Å². The fourth-order valence-corrected chi connectivity index (χ4v) is 2.50. The topological polar surface area (TPSA) is 107 Å². The van der Waals surface area contributed by atoms with Gasteiger partial charge in [-0.25, -0.2) is 0 Å². The molecule has 7 heteroatoms. The first-order valence-electron chi connectivity index (χ1n) is 6.58. The summed E-state index contributed by atoms with van der Waals surface area (Å²) in [5.74, 6) is -2.70. The highest BCUT2D eigenvalue weighted by Crippen LogP contribution is 2.25. The van der Waals surface area contributed by atoms with E-state index in [1.54, 1.807) is 6.92 Å². The fraction of sp³-hybridized carbons (Fsp3) is 0.429. The maximum Gasteiger partial charge on any atom is 0.311 e. The number of likely N-dealkylation sites (N-methyl/N-ethyl adjacent to an activating group) is 1. The quantitative estimate of drug-likeness (QED) is 0.753. The number of nitrogens with zero attached hydrogens (tertiary/aromatic N) is 1. The van der Waals surface area contributed by atoms with Crippen LogP contribution in [0.25, 0.3) is 0 Å². The minimum atomic E-state index is -1.01. The molecule has 0 spiro atoms. The molecule has 1 aromatic carbocycles. The summed E-state index contributed by atoms with van der Waals surface area (Å²) < 4.78 is 5.17. The minimum absolute atomic E-state index is 0.0646. The molecular weight excluding hydrogens is 278 g/mol. The van der Waals surface area contributed by atoms with Gasteiger partial charge in [0.2, 0.25) is 0 Å². The molecule has 1 aliphatic heterocycles. The van der Waals surface area contributed by atoms with E-state index >= 15 is 0 Å². The number of carbonyl (C=O) groups excluding carboxylic acids is 1. The smallest absolute Gasteiger partial charge is 0.311 e. The second kappa shape index (κ2) is 6.01. The zero-order valence-electron chi connectivity index (χ0n) is 11.5. The fourth-order valence-electron chi connectivity index (χ4n) is 2.50. The first-order valence-corrected chi connectivity index (χ1v) is 6.58. The number of amides is 1. The van der Waals surface area contributed by atoms with Crippen molar-refractivity contribution < 1.29 is 29.6 Å². The Hall–Kier alpha value is -2.28. The van der Waals surface area contributed by atoms with Crippen LogP contribution in [0.1, 0.15) is 17.3 Å². The number of benzene rings is 1. The summed E-state index contributed by atoms with van der Waals surface area (Å²) in [4.78, 5) is 25.1. The molecule has 0 bridgehead atoms. The largest absolute Gasteiger partial charge is 0.508 e. The van der Waals surface area contributed by atoms with Crippen LogP contribution >= 0.6 is 0 Å². The SMILES string of the molecule is CCN(C(=O)c1cc(O)cc(O)c1)C1COCC1C(=O)O. The molecule has 0 aromatic heterocycles. The van der Waals surface area contributed by atoms with Gasteiger partial charge in [-0.05, 0) is 19.1 Å². The molecule has 114 valence electrons. The number of phenols is 2.